The molecule has 2 aromatic carbocycles. The summed E-state index contributed by atoms with van der Waals surface area (Å²) in [5, 5.41) is 10.6. The first-order chi connectivity index (χ1) is 15.8. The van der Waals surface area contributed by atoms with E-state index in [1.54, 1.807) is 36.0 Å². The maximum atomic E-state index is 12.8. The summed E-state index contributed by atoms with van der Waals surface area (Å²) >= 11 is 1.67. The van der Waals surface area contributed by atoms with Gasteiger partial charge >= 0.3 is 6.01 Å². The lowest BCUT2D eigenvalue weighted by molar-refractivity contribution is -0.121. The molecule has 0 atom stereocenters. The number of benzene rings is 2. The molecule has 10 heteroatoms. The summed E-state index contributed by atoms with van der Waals surface area (Å²) in [6.45, 7) is 2.49. The standard InChI is InChI=1S/C23H26N4O4S2/c1-16-3-9-20(10-4-16)33(29,30)27-13-11-18(12-14-27)22(28)24-23-26-25-21(31-23)15-17-5-7-19(32-2)8-6-17/h3-10,18H,11-15H2,1-2H3,(H,24,26,28). The van der Waals surface area contributed by atoms with Crippen molar-refractivity contribution in [3.05, 3.63) is 65.5 Å². The highest BCUT2D eigenvalue weighted by Gasteiger charge is 2.32. The van der Waals surface area contributed by atoms with Crippen molar-refractivity contribution in [1.29, 1.82) is 0 Å². The zero-order valence-corrected chi connectivity index (χ0v) is 20.2. The van der Waals surface area contributed by atoms with Crippen LogP contribution in [0.2, 0.25) is 0 Å². The van der Waals surface area contributed by atoms with Gasteiger partial charge in [0.1, 0.15) is 0 Å². The molecule has 33 heavy (non-hydrogen) atoms. The minimum atomic E-state index is -3.56. The molecule has 0 unspecified atom stereocenters. The number of hydrogen-bond donors (Lipinski definition) is 1. The van der Waals surface area contributed by atoms with Gasteiger partial charge in [-0.1, -0.05) is 34.9 Å². The highest BCUT2D eigenvalue weighted by atomic mass is 32.2. The molecule has 0 saturated carbocycles. The normalized spacial score (nSPS) is 15.5. The number of carbonyl (C=O) groups excluding carboxylic acids is 1. The minimum Gasteiger partial charge on any atom is -0.407 e. The predicted molar refractivity (Wildman–Crippen MR) is 127 cm³/mol. The molecule has 174 valence electrons. The van der Waals surface area contributed by atoms with E-state index in [1.807, 2.05) is 37.4 Å². The van der Waals surface area contributed by atoms with Crippen LogP contribution in [0.1, 0.15) is 29.9 Å². The fraction of sp³-hybridized carbons (Fsp3) is 0.348. The van der Waals surface area contributed by atoms with E-state index in [1.165, 1.54) is 9.20 Å². The molecule has 1 aliphatic rings. The molecule has 8 nitrogen and oxygen atoms in total. The van der Waals surface area contributed by atoms with Crippen LogP contribution in [0.3, 0.4) is 0 Å². The van der Waals surface area contributed by atoms with Gasteiger partial charge in [0.15, 0.2) is 0 Å². The van der Waals surface area contributed by atoms with Gasteiger partial charge in [-0.05, 0) is 55.9 Å². The molecule has 0 spiro atoms. The smallest absolute Gasteiger partial charge is 0.322 e. The van der Waals surface area contributed by atoms with Crippen LogP contribution in [0.15, 0.2) is 62.7 Å². The Morgan fingerprint density at radius 2 is 1.76 bits per heavy atom. The van der Waals surface area contributed by atoms with Gasteiger partial charge in [-0.2, -0.15) is 4.31 Å². The number of rotatable bonds is 7. The molecule has 1 saturated heterocycles. The average Bonchev–Trinajstić information content (AvgIpc) is 3.26. The summed E-state index contributed by atoms with van der Waals surface area (Å²) in [4.78, 5) is 14.1. The molecule has 0 aliphatic carbocycles. The molecule has 1 aliphatic heterocycles. The van der Waals surface area contributed by atoms with Crippen molar-refractivity contribution in [2.45, 2.75) is 36.0 Å². The summed E-state index contributed by atoms with van der Waals surface area (Å²) in [5.74, 6) is -0.132. The molecular formula is C23H26N4O4S2. The Labute approximate surface area is 197 Å². The van der Waals surface area contributed by atoms with Gasteiger partial charge in [-0.3, -0.25) is 10.1 Å². The van der Waals surface area contributed by atoms with Gasteiger partial charge in [-0.15, -0.1) is 16.9 Å². The van der Waals surface area contributed by atoms with Gasteiger partial charge in [-0.25, -0.2) is 8.42 Å². The number of carbonyl (C=O) groups is 1. The average molecular weight is 487 g/mol. The van der Waals surface area contributed by atoms with Crippen molar-refractivity contribution in [2.75, 3.05) is 24.7 Å². The van der Waals surface area contributed by atoms with E-state index in [0.29, 0.717) is 25.2 Å². The van der Waals surface area contributed by atoms with Crippen molar-refractivity contribution in [2.24, 2.45) is 5.92 Å². The third-order valence-electron chi connectivity index (χ3n) is 5.69. The first kappa shape index (κ1) is 23.5. The highest BCUT2D eigenvalue weighted by Crippen LogP contribution is 2.25. The van der Waals surface area contributed by atoms with Crippen molar-refractivity contribution in [3.63, 3.8) is 0 Å². The predicted octanol–water partition coefficient (Wildman–Crippen LogP) is 3.73. The van der Waals surface area contributed by atoms with Crippen molar-refractivity contribution >= 4 is 33.7 Å². The van der Waals surface area contributed by atoms with Crippen molar-refractivity contribution < 1.29 is 17.6 Å². The summed E-state index contributed by atoms with van der Waals surface area (Å²) in [7, 11) is -3.56. The Kier molecular flexibility index (Phi) is 7.16. The number of piperidine rings is 1. The molecule has 1 aromatic heterocycles. The topological polar surface area (TPSA) is 105 Å². The number of thioether (sulfide) groups is 1. The maximum Gasteiger partial charge on any atom is 0.322 e. The van der Waals surface area contributed by atoms with Gasteiger partial charge in [0.25, 0.3) is 0 Å². The van der Waals surface area contributed by atoms with E-state index in [-0.39, 0.29) is 35.8 Å². The number of amides is 1. The van der Waals surface area contributed by atoms with Crippen LogP contribution in [-0.4, -0.2) is 48.2 Å². The van der Waals surface area contributed by atoms with E-state index in [2.05, 4.69) is 15.5 Å². The Morgan fingerprint density at radius 3 is 2.39 bits per heavy atom. The van der Waals surface area contributed by atoms with Gasteiger partial charge in [0, 0.05) is 23.9 Å². The van der Waals surface area contributed by atoms with Gasteiger partial charge in [0.05, 0.1) is 11.3 Å². The summed E-state index contributed by atoms with van der Waals surface area (Å²) in [5.41, 5.74) is 2.04. The van der Waals surface area contributed by atoms with Crippen LogP contribution in [-0.2, 0) is 21.2 Å². The van der Waals surface area contributed by atoms with Crippen molar-refractivity contribution in [3.8, 4) is 0 Å². The molecule has 1 fully saturated rings. The Hall–Kier alpha value is -2.69. The molecule has 0 bridgehead atoms. The number of aromatic nitrogens is 2. The summed E-state index contributed by atoms with van der Waals surface area (Å²) in [6, 6.07) is 14.9. The number of hydrogen-bond acceptors (Lipinski definition) is 7. The molecule has 4 rings (SSSR count). The van der Waals surface area contributed by atoms with Crippen LogP contribution in [0, 0.1) is 12.8 Å². The first-order valence-electron chi connectivity index (χ1n) is 10.7. The fourth-order valence-electron chi connectivity index (χ4n) is 3.72. The SMILES string of the molecule is CSc1ccc(Cc2nnc(NC(=O)C3CCN(S(=O)(=O)c4ccc(C)cc4)CC3)o2)cc1. The third kappa shape index (κ3) is 5.63. The van der Waals surface area contributed by atoms with Crippen LogP contribution in [0.5, 0.6) is 0 Å². The summed E-state index contributed by atoms with van der Waals surface area (Å²) in [6.07, 6.45) is 3.36. The highest BCUT2D eigenvalue weighted by molar-refractivity contribution is 7.98. The molecule has 0 radical (unpaired) electrons. The van der Waals surface area contributed by atoms with E-state index < -0.39 is 10.0 Å². The second-order valence-electron chi connectivity index (χ2n) is 8.01. The third-order valence-corrected chi connectivity index (χ3v) is 8.35. The van der Waals surface area contributed by atoms with E-state index in [4.69, 9.17) is 4.42 Å². The van der Waals surface area contributed by atoms with Gasteiger partial charge < -0.3 is 4.42 Å². The number of anilines is 1. The van der Waals surface area contributed by atoms with Crippen molar-refractivity contribution in [1.82, 2.24) is 14.5 Å². The zero-order chi connectivity index (χ0) is 23.4. The second-order valence-corrected chi connectivity index (χ2v) is 10.8. The van der Waals surface area contributed by atoms with E-state index in [9.17, 15) is 13.2 Å². The van der Waals surface area contributed by atoms with Crippen LogP contribution >= 0.6 is 11.8 Å². The largest absolute Gasteiger partial charge is 0.407 e. The lowest BCUT2D eigenvalue weighted by atomic mass is 9.97. The number of nitrogens with one attached hydrogen (secondary N) is 1. The number of aryl methyl sites for hydroxylation is 1. The molecular weight excluding hydrogens is 460 g/mol. The molecule has 1 N–H and O–H groups in total. The van der Waals surface area contributed by atoms with E-state index >= 15 is 0 Å². The number of sulfonamides is 1. The first-order valence-corrected chi connectivity index (χ1v) is 13.3. The lowest BCUT2D eigenvalue weighted by Gasteiger charge is -2.30. The Morgan fingerprint density at radius 1 is 1.09 bits per heavy atom. The molecule has 2 heterocycles. The Balaban J connectivity index is 1.31. The maximum absolute atomic E-state index is 12.8. The van der Waals surface area contributed by atoms with E-state index in [0.717, 1.165) is 11.1 Å². The fourth-order valence-corrected chi connectivity index (χ4v) is 5.60. The second kappa shape index (κ2) is 10.1. The monoisotopic (exact) mass is 486 g/mol. The van der Waals surface area contributed by atoms with Crippen LogP contribution in [0.25, 0.3) is 0 Å². The summed E-state index contributed by atoms with van der Waals surface area (Å²) < 4.78 is 32.7. The van der Waals surface area contributed by atoms with Crippen LogP contribution in [0.4, 0.5) is 6.01 Å². The lowest BCUT2D eigenvalue weighted by Crippen LogP contribution is -2.41. The quantitative estimate of drug-likeness (QED) is 0.507. The zero-order valence-electron chi connectivity index (χ0n) is 18.5. The van der Waals surface area contributed by atoms with Gasteiger partial charge in [0.2, 0.25) is 21.8 Å². The van der Waals surface area contributed by atoms with Crippen LogP contribution < -0.4 is 5.32 Å². The minimum absolute atomic E-state index is 0.0606. The Bertz CT molecular complexity index is 1200. The molecule has 3 aromatic rings. The number of nitrogens with zero attached hydrogens (tertiary/aromatic N) is 3. The molecule has 1 amide bonds.